The van der Waals surface area contributed by atoms with Gasteiger partial charge in [-0.15, -0.1) is 11.3 Å². The monoisotopic (exact) mass is 505 g/mol. The minimum absolute atomic E-state index is 0.141. The van der Waals surface area contributed by atoms with Crippen LogP contribution in [0.1, 0.15) is 5.69 Å². The van der Waals surface area contributed by atoms with Crippen molar-refractivity contribution in [2.45, 2.75) is 10.8 Å². The Bertz CT molecular complexity index is 1280. The SMILES string of the molecule is COc1cccc(NC(=O)CSc2nc(CC(=O)Nc3ccc(Oc4ccccc4)cc3)cs2)c1. The maximum absolute atomic E-state index is 12.4. The molecule has 0 radical (unpaired) electrons. The Morgan fingerprint density at radius 2 is 1.57 bits per heavy atom. The number of carbonyl (C=O) groups is 2. The number of nitrogens with one attached hydrogen (secondary N) is 2. The van der Waals surface area contributed by atoms with Crippen LogP contribution in [-0.2, 0) is 16.0 Å². The van der Waals surface area contributed by atoms with Crippen molar-refractivity contribution >= 4 is 46.3 Å². The topological polar surface area (TPSA) is 89.5 Å². The summed E-state index contributed by atoms with van der Waals surface area (Å²) in [5.41, 5.74) is 2.01. The van der Waals surface area contributed by atoms with E-state index in [0.717, 1.165) is 10.1 Å². The number of amides is 2. The molecule has 2 amide bonds. The fourth-order valence-electron chi connectivity index (χ4n) is 3.06. The van der Waals surface area contributed by atoms with Crippen LogP contribution in [0, 0.1) is 0 Å². The Morgan fingerprint density at radius 1 is 0.857 bits per heavy atom. The van der Waals surface area contributed by atoms with Gasteiger partial charge in [0.1, 0.15) is 17.2 Å². The number of hydrogen-bond acceptors (Lipinski definition) is 7. The molecule has 0 unspecified atom stereocenters. The Kier molecular flexibility index (Phi) is 8.37. The Labute approximate surface area is 211 Å². The van der Waals surface area contributed by atoms with E-state index in [4.69, 9.17) is 9.47 Å². The number of anilines is 2. The van der Waals surface area contributed by atoms with Gasteiger partial charge < -0.3 is 20.1 Å². The minimum atomic E-state index is -0.167. The third kappa shape index (κ3) is 7.59. The van der Waals surface area contributed by atoms with Crippen LogP contribution >= 0.6 is 23.1 Å². The standard InChI is InChI=1S/C26H23N3O4S2/c1-32-23-9-5-6-19(14-23)28-25(31)17-35-26-29-20(16-34-26)15-24(30)27-18-10-12-22(13-11-18)33-21-7-3-2-4-8-21/h2-14,16H,15,17H2,1H3,(H,27,30)(H,28,31). The lowest BCUT2D eigenvalue weighted by Crippen LogP contribution is -2.14. The van der Waals surface area contributed by atoms with Crippen LogP contribution < -0.4 is 20.1 Å². The van der Waals surface area contributed by atoms with Crippen molar-refractivity contribution in [3.63, 3.8) is 0 Å². The van der Waals surface area contributed by atoms with E-state index in [0.29, 0.717) is 28.6 Å². The number of methoxy groups -OCH3 is 1. The molecule has 35 heavy (non-hydrogen) atoms. The first-order valence-electron chi connectivity index (χ1n) is 10.7. The molecule has 4 rings (SSSR count). The van der Waals surface area contributed by atoms with Gasteiger partial charge in [0, 0.05) is 22.8 Å². The van der Waals surface area contributed by atoms with Gasteiger partial charge in [0.15, 0.2) is 4.34 Å². The maximum Gasteiger partial charge on any atom is 0.234 e. The maximum atomic E-state index is 12.4. The Balaban J connectivity index is 1.22. The van der Waals surface area contributed by atoms with Gasteiger partial charge in [-0.1, -0.05) is 36.0 Å². The second-order valence-electron chi connectivity index (χ2n) is 7.34. The molecule has 1 aromatic heterocycles. The number of hydrogen-bond donors (Lipinski definition) is 2. The second kappa shape index (κ2) is 12.0. The van der Waals surface area contributed by atoms with Crippen molar-refractivity contribution in [3.8, 4) is 17.2 Å². The third-order valence-electron chi connectivity index (χ3n) is 4.67. The van der Waals surface area contributed by atoms with E-state index in [1.807, 2.05) is 47.8 Å². The molecule has 7 nitrogen and oxygen atoms in total. The highest BCUT2D eigenvalue weighted by Crippen LogP contribution is 2.25. The largest absolute Gasteiger partial charge is 0.497 e. The molecule has 9 heteroatoms. The fourth-order valence-corrected chi connectivity index (χ4v) is 4.71. The normalized spacial score (nSPS) is 10.4. The zero-order chi connectivity index (χ0) is 24.5. The van der Waals surface area contributed by atoms with Gasteiger partial charge in [0.05, 0.1) is 25.0 Å². The van der Waals surface area contributed by atoms with Crippen LogP contribution in [-0.4, -0.2) is 29.7 Å². The van der Waals surface area contributed by atoms with Gasteiger partial charge >= 0.3 is 0 Å². The summed E-state index contributed by atoms with van der Waals surface area (Å²) >= 11 is 2.74. The van der Waals surface area contributed by atoms with E-state index in [9.17, 15) is 9.59 Å². The van der Waals surface area contributed by atoms with Gasteiger partial charge in [0.25, 0.3) is 0 Å². The van der Waals surface area contributed by atoms with Crippen LogP contribution in [0.25, 0.3) is 0 Å². The molecular weight excluding hydrogens is 482 g/mol. The van der Waals surface area contributed by atoms with Crippen LogP contribution in [0.3, 0.4) is 0 Å². The molecule has 2 N–H and O–H groups in total. The number of rotatable bonds is 10. The zero-order valence-corrected chi connectivity index (χ0v) is 20.5. The smallest absolute Gasteiger partial charge is 0.234 e. The van der Waals surface area contributed by atoms with E-state index in [1.165, 1.54) is 23.1 Å². The number of nitrogens with zero attached hydrogens (tertiary/aromatic N) is 1. The first kappa shape index (κ1) is 24.3. The molecule has 0 aliphatic heterocycles. The lowest BCUT2D eigenvalue weighted by molar-refractivity contribution is -0.116. The average Bonchev–Trinajstić information content (AvgIpc) is 3.32. The summed E-state index contributed by atoms with van der Waals surface area (Å²) in [7, 11) is 1.58. The molecule has 0 atom stereocenters. The second-order valence-corrected chi connectivity index (χ2v) is 9.42. The zero-order valence-electron chi connectivity index (χ0n) is 18.9. The van der Waals surface area contributed by atoms with E-state index in [2.05, 4.69) is 15.6 Å². The molecule has 0 aliphatic carbocycles. The van der Waals surface area contributed by atoms with Gasteiger partial charge in [-0.2, -0.15) is 0 Å². The van der Waals surface area contributed by atoms with Crippen LogP contribution in [0.5, 0.6) is 17.2 Å². The molecule has 0 bridgehead atoms. The lowest BCUT2D eigenvalue weighted by Gasteiger charge is -2.07. The van der Waals surface area contributed by atoms with E-state index < -0.39 is 0 Å². The summed E-state index contributed by atoms with van der Waals surface area (Å²) in [6.45, 7) is 0. The number of carbonyl (C=O) groups excluding carboxylic acids is 2. The van der Waals surface area contributed by atoms with Crippen LogP contribution in [0.15, 0.2) is 88.6 Å². The molecule has 0 saturated heterocycles. The molecule has 0 spiro atoms. The molecule has 0 fully saturated rings. The Morgan fingerprint density at radius 3 is 2.34 bits per heavy atom. The summed E-state index contributed by atoms with van der Waals surface area (Å²) in [4.78, 5) is 29.1. The minimum Gasteiger partial charge on any atom is -0.497 e. The number of ether oxygens (including phenoxy) is 2. The van der Waals surface area contributed by atoms with Crippen molar-refractivity contribution in [1.29, 1.82) is 0 Å². The van der Waals surface area contributed by atoms with Crippen LogP contribution in [0.2, 0.25) is 0 Å². The average molecular weight is 506 g/mol. The number of benzene rings is 3. The van der Waals surface area contributed by atoms with Gasteiger partial charge in [-0.25, -0.2) is 4.98 Å². The van der Waals surface area contributed by atoms with Crippen molar-refractivity contribution in [2.75, 3.05) is 23.5 Å². The van der Waals surface area contributed by atoms with Crippen molar-refractivity contribution < 1.29 is 19.1 Å². The number of thioether (sulfide) groups is 1. The third-order valence-corrected chi connectivity index (χ3v) is 6.74. The fraction of sp³-hybridized carbons (Fsp3) is 0.115. The van der Waals surface area contributed by atoms with Crippen LogP contribution in [0.4, 0.5) is 11.4 Å². The summed E-state index contributed by atoms with van der Waals surface area (Å²) in [5, 5.41) is 7.53. The van der Waals surface area contributed by atoms with E-state index in [1.54, 1.807) is 43.5 Å². The van der Waals surface area contributed by atoms with Crippen molar-refractivity contribution in [3.05, 3.63) is 89.9 Å². The molecule has 0 saturated carbocycles. The first-order valence-corrected chi connectivity index (χ1v) is 12.6. The molecule has 0 aliphatic rings. The van der Waals surface area contributed by atoms with Crippen molar-refractivity contribution in [2.24, 2.45) is 0 Å². The molecule has 178 valence electrons. The van der Waals surface area contributed by atoms with Crippen molar-refractivity contribution in [1.82, 2.24) is 4.98 Å². The summed E-state index contributed by atoms with van der Waals surface area (Å²) < 4.78 is 11.7. The van der Waals surface area contributed by atoms with E-state index in [-0.39, 0.29) is 24.0 Å². The van der Waals surface area contributed by atoms with Gasteiger partial charge in [0.2, 0.25) is 11.8 Å². The van der Waals surface area contributed by atoms with Gasteiger partial charge in [-0.05, 0) is 48.5 Å². The summed E-state index contributed by atoms with van der Waals surface area (Å²) in [6, 6.07) is 23.9. The first-order chi connectivity index (χ1) is 17.1. The number of thiazole rings is 1. The molecular formula is C26H23N3O4S2. The van der Waals surface area contributed by atoms with Gasteiger partial charge in [-0.3, -0.25) is 9.59 Å². The number of aromatic nitrogens is 1. The predicted octanol–water partition coefficient (Wildman–Crippen LogP) is 5.86. The highest BCUT2D eigenvalue weighted by Gasteiger charge is 2.11. The van der Waals surface area contributed by atoms with E-state index >= 15 is 0 Å². The number of para-hydroxylation sites is 1. The summed E-state index contributed by atoms with van der Waals surface area (Å²) in [5.74, 6) is 2.02. The lowest BCUT2D eigenvalue weighted by atomic mass is 10.2. The quantitative estimate of drug-likeness (QED) is 0.263. The Hall–Kier alpha value is -3.82. The molecule has 3 aromatic carbocycles. The highest BCUT2D eigenvalue weighted by molar-refractivity contribution is 8.01. The highest BCUT2D eigenvalue weighted by atomic mass is 32.2. The molecule has 1 heterocycles. The predicted molar refractivity (Wildman–Crippen MR) is 140 cm³/mol. The molecule has 4 aromatic rings. The summed E-state index contributed by atoms with van der Waals surface area (Å²) in [6.07, 6.45) is 0.148.